The molecule has 4 heteroatoms. The highest BCUT2D eigenvalue weighted by Crippen LogP contribution is 2.24. The lowest BCUT2D eigenvalue weighted by Crippen LogP contribution is -2.01. The second-order valence-electron chi connectivity index (χ2n) is 2.18. The van der Waals surface area contributed by atoms with Crippen LogP contribution in [-0.2, 0) is 0 Å². The summed E-state index contributed by atoms with van der Waals surface area (Å²) >= 11 is 3.24. The topological polar surface area (TPSA) is 44.9 Å². The normalized spacial score (nSPS) is 15.1. The van der Waals surface area contributed by atoms with E-state index in [1.807, 2.05) is 0 Å². The molecule has 0 fully saturated rings. The average Bonchev–Trinajstić information content (AvgIpc) is 2.35. The molecule has 0 amide bonds. The minimum atomic E-state index is 0.150. The summed E-state index contributed by atoms with van der Waals surface area (Å²) in [4.78, 5) is 13.9. The predicted octanol–water partition coefficient (Wildman–Crippen LogP) is 1.39. The number of ketones is 1. The Bertz CT molecular complexity index is 292. The van der Waals surface area contributed by atoms with Crippen molar-refractivity contribution in [1.29, 1.82) is 0 Å². The molecule has 3 nitrogen and oxygen atoms in total. The van der Waals surface area contributed by atoms with E-state index in [1.54, 1.807) is 6.07 Å². The molecule has 0 aromatic carbocycles. The number of H-pyrrole nitrogens is 1. The third-order valence-electron chi connectivity index (χ3n) is 1.51. The molecule has 1 aromatic rings. The van der Waals surface area contributed by atoms with Gasteiger partial charge in [-0.15, -0.1) is 0 Å². The number of hydrogen-bond acceptors (Lipinski definition) is 2. The Balaban J connectivity index is 2.59. The standard InChI is InChI=1S/C6H5BrN2O/c7-5-1-3-4(10)2-8-6(3)9-5/h1,8-9H,2H2. The van der Waals surface area contributed by atoms with E-state index < -0.39 is 0 Å². The molecule has 0 aliphatic carbocycles. The summed E-state index contributed by atoms with van der Waals surface area (Å²) in [5.74, 6) is 0.980. The van der Waals surface area contributed by atoms with Crippen molar-refractivity contribution in [3.05, 3.63) is 16.2 Å². The number of nitrogens with one attached hydrogen (secondary N) is 2. The molecule has 2 rings (SSSR count). The molecule has 1 aromatic heterocycles. The number of halogens is 1. The third-order valence-corrected chi connectivity index (χ3v) is 1.94. The van der Waals surface area contributed by atoms with Crippen LogP contribution in [0.3, 0.4) is 0 Å². The fourth-order valence-electron chi connectivity index (χ4n) is 1.04. The van der Waals surface area contributed by atoms with Crippen LogP contribution >= 0.6 is 15.9 Å². The van der Waals surface area contributed by atoms with Crippen LogP contribution in [0.15, 0.2) is 10.7 Å². The summed E-state index contributed by atoms with van der Waals surface area (Å²) in [7, 11) is 0. The van der Waals surface area contributed by atoms with Crippen molar-refractivity contribution in [2.45, 2.75) is 0 Å². The minimum absolute atomic E-state index is 0.150. The van der Waals surface area contributed by atoms with Crippen molar-refractivity contribution in [2.24, 2.45) is 0 Å². The molecule has 0 atom stereocenters. The maximum atomic E-state index is 11.0. The van der Waals surface area contributed by atoms with Crippen molar-refractivity contribution in [3.63, 3.8) is 0 Å². The largest absolute Gasteiger partial charge is 0.364 e. The fraction of sp³-hybridized carbons (Fsp3) is 0.167. The molecule has 0 bridgehead atoms. The van der Waals surface area contributed by atoms with Gasteiger partial charge in [0, 0.05) is 0 Å². The number of anilines is 1. The second kappa shape index (κ2) is 1.85. The summed E-state index contributed by atoms with van der Waals surface area (Å²) in [6.07, 6.45) is 0. The zero-order valence-corrected chi connectivity index (χ0v) is 6.66. The smallest absolute Gasteiger partial charge is 0.185 e. The highest BCUT2D eigenvalue weighted by molar-refractivity contribution is 9.10. The summed E-state index contributed by atoms with van der Waals surface area (Å²) < 4.78 is 0.845. The number of hydrogen-bond donors (Lipinski definition) is 2. The molecule has 0 spiro atoms. The van der Waals surface area contributed by atoms with E-state index in [0.717, 1.165) is 16.0 Å². The molecule has 0 saturated carbocycles. The first-order valence-electron chi connectivity index (χ1n) is 2.93. The van der Waals surface area contributed by atoms with Crippen LogP contribution in [-0.4, -0.2) is 17.3 Å². The number of aromatic nitrogens is 1. The Morgan fingerprint density at radius 3 is 3.10 bits per heavy atom. The lowest BCUT2D eigenvalue weighted by molar-refractivity contribution is 0.101. The molecule has 0 saturated heterocycles. The van der Waals surface area contributed by atoms with Gasteiger partial charge in [0.25, 0.3) is 0 Å². The summed E-state index contributed by atoms with van der Waals surface area (Å²) in [6.45, 7) is 0.425. The van der Waals surface area contributed by atoms with Crippen molar-refractivity contribution in [1.82, 2.24) is 4.98 Å². The number of Topliss-reactive ketones (excluding diaryl/α,β-unsaturated/α-hetero) is 1. The monoisotopic (exact) mass is 200 g/mol. The van der Waals surface area contributed by atoms with E-state index in [2.05, 4.69) is 26.2 Å². The maximum Gasteiger partial charge on any atom is 0.185 e. The fourth-order valence-corrected chi connectivity index (χ4v) is 1.47. The second-order valence-corrected chi connectivity index (χ2v) is 3.04. The van der Waals surface area contributed by atoms with Crippen molar-refractivity contribution in [2.75, 3.05) is 11.9 Å². The zero-order chi connectivity index (χ0) is 7.14. The SMILES string of the molecule is O=C1CNc2[nH]c(Br)cc21. The van der Waals surface area contributed by atoms with Gasteiger partial charge in [-0.1, -0.05) is 0 Å². The average molecular weight is 201 g/mol. The maximum absolute atomic E-state index is 11.0. The minimum Gasteiger partial charge on any atom is -0.364 e. The molecule has 0 radical (unpaired) electrons. The molecule has 2 heterocycles. The van der Waals surface area contributed by atoms with Crippen LogP contribution in [0, 0.1) is 0 Å². The number of fused-ring (bicyclic) bond motifs is 1. The van der Waals surface area contributed by atoms with Crippen molar-refractivity contribution >= 4 is 27.5 Å². The Morgan fingerprint density at radius 1 is 1.60 bits per heavy atom. The van der Waals surface area contributed by atoms with Gasteiger partial charge in [-0.05, 0) is 22.0 Å². The van der Waals surface area contributed by atoms with E-state index >= 15 is 0 Å². The zero-order valence-electron chi connectivity index (χ0n) is 5.07. The van der Waals surface area contributed by atoms with E-state index in [-0.39, 0.29) is 5.78 Å². The summed E-state index contributed by atoms with van der Waals surface area (Å²) in [6, 6.07) is 1.79. The van der Waals surface area contributed by atoms with Crippen molar-refractivity contribution < 1.29 is 4.79 Å². The van der Waals surface area contributed by atoms with Gasteiger partial charge in [0.15, 0.2) is 5.78 Å². The number of aromatic amines is 1. The molecule has 1 aliphatic rings. The van der Waals surface area contributed by atoms with Gasteiger partial charge in [-0.3, -0.25) is 4.79 Å². The molecular weight excluding hydrogens is 196 g/mol. The van der Waals surface area contributed by atoms with Gasteiger partial charge in [0.05, 0.1) is 16.7 Å². The summed E-state index contributed by atoms with van der Waals surface area (Å²) in [5, 5.41) is 2.94. The van der Waals surface area contributed by atoms with Crippen LogP contribution in [0.2, 0.25) is 0 Å². The predicted molar refractivity (Wildman–Crippen MR) is 41.3 cm³/mol. The lowest BCUT2D eigenvalue weighted by atomic mass is 10.2. The quantitative estimate of drug-likeness (QED) is 0.665. The Kier molecular flexibility index (Phi) is 1.11. The molecule has 10 heavy (non-hydrogen) atoms. The van der Waals surface area contributed by atoms with Gasteiger partial charge < -0.3 is 10.3 Å². The highest BCUT2D eigenvalue weighted by Gasteiger charge is 2.20. The Morgan fingerprint density at radius 2 is 2.40 bits per heavy atom. The number of rotatable bonds is 0. The molecule has 2 N–H and O–H groups in total. The molecule has 0 unspecified atom stereocenters. The van der Waals surface area contributed by atoms with Crippen LogP contribution in [0.25, 0.3) is 0 Å². The van der Waals surface area contributed by atoms with Crippen LogP contribution in [0.1, 0.15) is 10.4 Å². The van der Waals surface area contributed by atoms with E-state index in [4.69, 9.17) is 0 Å². The Hall–Kier alpha value is -0.770. The molecule has 1 aliphatic heterocycles. The first-order chi connectivity index (χ1) is 4.77. The van der Waals surface area contributed by atoms with Crippen LogP contribution in [0.5, 0.6) is 0 Å². The van der Waals surface area contributed by atoms with E-state index in [0.29, 0.717) is 6.54 Å². The van der Waals surface area contributed by atoms with E-state index in [9.17, 15) is 4.79 Å². The highest BCUT2D eigenvalue weighted by atomic mass is 79.9. The van der Waals surface area contributed by atoms with Gasteiger partial charge in [-0.2, -0.15) is 0 Å². The van der Waals surface area contributed by atoms with Gasteiger partial charge >= 0.3 is 0 Å². The lowest BCUT2D eigenvalue weighted by Gasteiger charge is -1.88. The Labute approximate surface area is 65.9 Å². The van der Waals surface area contributed by atoms with Gasteiger partial charge in [0.2, 0.25) is 0 Å². The van der Waals surface area contributed by atoms with E-state index in [1.165, 1.54) is 0 Å². The number of carbonyl (C=O) groups is 1. The first kappa shape index (κ1) is 5.97. The van der Waals surface area contributed by atoms with Crippen molar-refractivity contribution in [3.8, 4) is 0 Å². The van der Waals surface area contributed by atoms with Crippen LogP contribution in [0.4, 0.5) is 5.82 Å². The summed E-state index contributed by atoms with van der Waals surface area (Å²) in [5.41, 5.74) is 0.756. The number of carbonyl (C=O) groups excluding carboxylic acids is 1. The molecule has 52 valence electrons. The third kappa shape index (κ3) is 0.686. The van der Waals surface area contributed by atoms with Gasteiger partial charge in [-0.25, -0.2) is 0 Å². The molecular formula is C6H5BrN2O. The van der Waals surface area contributed by atoms with Gasteiger partial charge in [0.1, 0.15) is 5.82 Å². The van der Waals surface area contributed by atoms with Crippen LogP contribution < -0.4 is 5.32 Å². The first-order valence-corrected chi connectivity index (χ1v) is 3.72.